The highest BCUT2D eigenvalue weighted by Gasteiger charge is 2.17. The fraction of sp³-hybridized carbons (Fsp3) is 0.167. The zero-order valence-corrected chi connectivity index (χ0v) is 15.5. The van der Waals surface area contributed by atoms with Gasteiger partial charge >= 0.3 is 6.61 Å². The summed E-state index contributed by atoms with van der Waals surface area (Å²) in [4.78, 5) is 14.7. The maximum atomic E-state index is 12.6. The van der Waals surface area contributed by atoms with Crippen molar-refractivity contribution in [2.75, 3.05) is 14.2 Å². The molecule has 0 radical (unpaired) electrons. The van der Waals surface area contributed by atoms with Gasteiger partial charge in [0, 0.05) is 12.1 Å². The SMILES string of the molecule is COc1cc(/C=C/c2nc3cc([N+](=O)[O-])ccc3s2)cc(OC)c1OC(F)F. The standard InChI is InChI=1S/C18H14F2N2O5S/c1-25-13-7-10(8-14(26-2)17(13)27-18(19)20)3-6-16-21-12-9-11(22(23)24)4-5-15(12)28-16/h3-9,18H,1-2H3/b6-3+. The molecular formula is C18H14F2N2O5S. The maximum absolute atomic E-state index is 12.6. The van der Waals surface area contributed by atoms with Gasteiger partial charge < -0.3 is 14.2 Å². The quantitative estimate of drug-likeness (QED) is 0.404. The number of halogens is 2. The third-order valence-corrected chi connectivity index (χ3v) is 4.71. The zero-order valence-electron chi connectivity index (χ0n) is 14.7. The van der Waals surface area contributed by atoms with E-state index >= 15 is 0 Å². The summed E-state index contributed by atoms with van der Waals surface area (Å²) in [7, 11) is 2.67. The molecule has 0 saturated heterocycles. The normalized spacial score (nSPS) is 11.3. The van der Waals surface area contributed by atoms with E-state index in [0.29, 0.717) is 16.1 Å². The van der Waals surface area contributed by atoms with Gasteiger partial charge in [-0.3, -0.25) is 10.1 Å². The summed E-state index contributed by atoms with van der Waals surface area (Å²) in [6.45, 7) is -3.02. The number of alkyl halides is 2. The number of methoxy groups -OCH3 is 2. The molecule has 28 heavy (non-hydrogen) atoms. The van der Waals surface area contributed by atoms with E-state index in [1.54, 1.807) is 18.2 Å². The van der Waals surface area contributed by atoms with Crippen molar-refractivity contribution in [1.82, 2.24) is 4.98 Å². The number of non-ortho nitro benzene ring substituents is 1. The van der Waals surface area contributed by atoms with Gasteiger partial charge in [-0.2, -0.15) is 8.78 Å². The smallest absolute Gasteiger partial charge is 0.387 e. The Kier molecular flexibility index (Phi) is 5.69. The van der Waals surface area contributed by atoms with E-state index in [1.165, 1.54) is 49.8 Å². The van der Waals surface area contributed by atoms with Crippen LogP contribution in [-0.2, 0) is 0 Å². The van der Waals surface area contributed by atoms with Crippen LogP contribution in [0, 0.1) is 10.1 Å². The van der Waals surface area contributed by atoms with Gasteiger partial charge in [0.25, 0.3) is 5.69 Å². The van der Waals surface area contributed by atoms with E-state index in [-0.39, 0.29) is 22.9 Å². The van der Waals surface area contributed by atoms with Gasteiger partial charge in [-0.15, -0.1) is 11.3 Å². The van der Waals surface area contributed by atoms with Crippen molar-refractivity contribution in [1.29, 1.82) is 0 Å². The van der Waals surface area contributed by atoms with Gasteiger partial charge in [-0.05, 0) is 29.8 Å². The molecule has 0 N–H and O–H groups in total. The lowest BCUT2D eigenvalue weighted by Gasteiger charge is -2.14. The second kappa shape index (κ2) is 8.17. The lowest BCUT2D eigenvalue weighted by Crippen LogP contribution is -2.05. The summed E-state index contributed by atoms with van der Waals surface area (Å²) in [5.74, 6) is 0.00268. The lowest BCUT2D eigenvalue weighted by atomic mass is 10.1. The minimum absolute atomic E-state index is 0.0302. The van der Waals surface area contributed by atoms with Crippen molar-refractivity contribution in [2.24, 2.45) is 0 Å². The molecule has 3 rings (SSSR count). The highest BCUT2D eigenvalue weighted by Crippen LogP contribution is 2.40. The molecule has 0 aliphatic heterocycles. The Hall–Kier alpha value is -3.27. The zero-order chi connectivity index (χ0) is 20.3. The van der Waals surface area contributed by atoms with Crippen molar-refractivity contribution in [3.05, 3.63) is 51.0 Å². The Morgan fingerprint density at radius 1 is 1.14 bits per heavy atom. The second-order valence-electron chi connectivity index (χ2n) is 5.43. The van der Waals surface area contributed by atoms with Crippen LogP contribution in [0.1, 0.15) is 10.6 Å². The average Bonchev–Trinajstić information content (AvgIpc) is 3.08. The molecular weight excluding hydrogens is 394 g/mol. The first-order valence-electron chi connectivity index (χ1n) is 7.85. The molecule has 146 valence electrons. The molecule has 0 spiro atoms. The number of rotatable bonds is 7. The Balaban J connectivity index is 1.93. The molecule has 2 aromatic carbocycles. The molecule has 0 fully saturated rings. The Morgan fingerprint density at radius 3 is 2.39 bits per heavy atom. The van der Waals surface area contributed by atoms with E-state index < -0.39 is 11.5 Å². The van der Waals surface area contributed by atoms with Crippen molar-refractivity contribution in [2.45, 2.75) is 6.61 Å². The molecule has 3 aromatic rings. The molecule has 10 heteroatoms. The molecule has 7 nitrogen and oxygen atoms in total. The largest absolute Gasteiger partial charge is 0.493 e. The number of thiazole rings is 1. The number of fused-ring (bicyclic) bond motifs is 1. The number of ether oxygens (including phenoxy) is 3. The van der Waals surface area contributed by atoms with Crippen LogP contribution in [0.15, 0.2) is 30.3 Å². The first-order chi connectivity index (χ1) is 13.4. The molecule has 0 aliphatic carbocycles. The van der Waals surface area contributed by atoms with Crippen LogP contribution in [0.25, 0.3) is 22.4 Å². The monoisotopic (exact) mass is 408 g/mol. The molecule has 0 amide bonds. The van der Waals surface area contributed by atoms with Crippen molar-refractivity contribution >= 4 is 39.4 Å². The van der Waals surface area contributed by atoms with Gasteiger partial charge in [0.15, 0.2) is 11.5 Å². The van der Waals surface area contributed by atoms with Gasteiger partial charge in [0.05, 0.1) is 29.4 Å². The topological polar surface area (TPSA) is 83.7 Å². The highest BCUT2D eigenvalue weighted by atomic mass is 32.1. The van der Waals surface area contributed by atoms with Gasteiger partial charge in [0.1, 0.15) is 5.01 Å². The third kappa shape index (κ3) is 4.17. The lowest BCUT2D eigenvalue weighted by molar-refractivity contribution is -0.384. The number of nitro benzene ring substituents is 1. The van der Waals surface area contributed by atoms with E-state index in [0.717, 1.165) is 4.70 Å². The van der Waals surface area contributed by atoms with E-state index in [4.69, 9.17) is 9.47 Å². The van der Waals surface area contributed by atoms with E-state index in [1.807, 2.05) is 0 Å². The molecule has 0 bridgehead atoms. The Labute approximate surface area is 161 Å². The Morgan fingerprint density at radius 2 is 1.82 bits per heavy atom. The fourth-order valence-electron chi connectivity index (χ4n) is 2.49. The van der Waals surface area contributed by atoms with Crippen LogP contribution in [0.3, 0.4) is 0 Å². The first-order valence-corrected chi connectivity index (χ1v) is 8.67. The van der Waals surface area contributed by atoms with E-state index in [2.05, 4.69) is 9.72 Å². The van der Waals surface area contributed by atoms with Crippen LogP contribution in [0.5, 0.6) is 17.2 Å². The van der Waals surface area contributed by atoms with Crippen molar-refractivity contribution < 1.29 is 27.9 Å². The summed E-state index contributed by atoms with van der Waals surface area (Å²) in [5.41, 5.74) is 1.10. The van der Waals surface area contributed by atoms with Crippen LogP contribution in [0.2, 0.25) is 0 Å². The minimum atomic E-state index is -3.02. The summed E-state index contributed by atoms with van der Waals surface area (Å²) >= 11 is 1.36. The predicted molar refractivity (Wildman–Crippen MR) is 101 cm³/mol. The summed E-state index contributed by atoms with van der Waals surface area (Å²) < 4.78 is 40.7. The number of hydrogen-bond acceptors (Lipinski definition) is 7. The van der Waals surface area contributed by atoms with Crippen LogP contribution in [-0.4, -0.2) is 30.7 Å². The summed E-state index contributed by atoms with van der Waals surface area (Å²) in [5, 5.41) is 11.5. The third-order valence-electron chi connectivity index (χ3n) is 3.71. The van der Waals surface area contributed by atoms with E-state index in [9.17, 15) is 18.9 Å². The number of aromatic nitrogens is 1. The van der Waals surface area contributed by atoms with Crippen LogP contribution < -0.4 is 14.2 Å². The number of nitrogens with zero attached hydrogens (tertiary/aromatic N) is 2. The maximum Gasteiger partial charge on any atom is 0.387 e. The van der Waals surface area contributed by atoms with Crippen molar-refractivity contribution in [3.63, 3.8) is 0 Å². The number of benzene rings is 2. The van der Waals surface area contributed by atoms with Gasteiger partial charge in [-0.25, -0.2) is 4.98 Å². The average molecular weight is 408 g/mol. The molecule has 1 aromatic heterocycles. The first kappa shape index (κ1) is 19.5. The molecule has 1 heterocycles. The second-order valence-corrected chi connectivity index (χ2v) is 6.49. The minimum Gasteiger partial charge on any atom is -0.493 e. The summed E-state index contributed by atoms with van der Waals surface area (Å²) in [6.07, 6.45) is 3.40. The predicted octanol–water partition coefficient (Wildman–Crippen LogP) is 4.99. The number of nitro groups is 1. The van der Waals surface area contributed by atoms with Gasteiger partial charge in [0.2, 0.25) is 5.75 Å². The molecule has 0 saturated carbocycles. The van der Waals surface area contributed by atoms with Crippen molar-refractivity contribution in [3.8, 4) is 17.2 Å². The number of hydrogen-bond donors (Lipinski definition) is 0. The highest BCUT2D eigenvalue weighted by molar-refractivity contribution is 7.19. The molecule has 0 unspecified atom stereocenters. The molecule has 0 aliphatic rings. The van der Waals surface area contributed by atoms with Gasteiger partial charge in [-0.1, -0.05) is 6.08 Å². The summed E-state index contributed by atoms with van der Waals surface area (Å²) in [6, 6.07) is 7.52. The Bertz CT molecular complexity index is 1030. The van der Waals surface area contributed by atoms with Crippen LogP contribution in [0.4, 0.5) is 14.5 Å². The van der Waals surface area contributed by atoms with Crippen LogP contribution >= 0.6 is 11.3 Å². The fourth-order valence-corrected chi connectivity index (χ4v) is 3.34. The molecule has 0 atom stereocenters.